The zero-order chi connectivity index (χ0) is 14.7. The molecule has 19 heavy (non-hydrogen) atoms. The summed E-state index contributed by atoms with van der Waals surface area (Å²) in [4.78, 5) is 22.6. The van der Waals surface area contributed by atoms with Crippen LogP contribution in [0.1, 0.15) is 40.5 Å². The molecule has 2 N–H and O–H groups in total. The SMILES string of the molecule is CC(C)CC(=O)NCCOCCNC(=O)CC(C)C. The topological polar surface area (TPSA) is 67.4 Å². The molecule has 0 unspecified atom stereocenters. The van der Waals surface area contributed by atoms with Crippen LogP contribution in [0.4, 0.5) is 0 Å². The van der Waals surface area contributed by atoms with Crippen molar-refractivity contribution < 1.29 is 14.3 Å². The van der Waals surface area contributed by atoms with Crippen molar-refractivity contribution in [2.45, 2.75) is 40.5 Å². The fraction of sp³-hybridized carbons (Fsp3) is 0.857. The summed E-state index contributed by atoms with van der Waals surface area (Å²) in [6, 6.07) is 0. The maximum absolute atomic E-state index is 11.3. The van der Waals surface area contributed by atoms with E-state index in [4.69, 9.17) is 4.74 Å². The minimum Gasteiger partial charge on any atom is -0.378 e. The highest BCUT2D eigenvalue weighted by molar-refractivity contribution is 5.76. The molecule has 112 valence electrons. The molecule has 0 aliphatic rings. The highest BCUT2D eigenvalue weighted by atomic mass is 16.5. The van der Waals surface area contributed by atoms with Gasteiger partial charge in [0.25, 0.3) is 0 Å². The summed E-state index contributed by atoms with van der Waals surface area (Å²) in [5, 5.41) is 5.58. The van der Waals surface area contributed by atoms with Crippen LogP contribution in [0.25, 0.3) is 0 Å². The van der Waals surface area contributed by atoms with Crippen molar-refractivity contribution >= 4 is 11.8 Å². The fourth-order valence-corrected chi connectivity index (χ4v) is 1.51. The van der Waals surface area contributed by atoms with E-state index in [1.807, 2.05) is 27.7 Å². The predicted molar refractivity (Wildman–Crippen MR) is 75.7 cm³/mol. The number of amides is 2. The number of carbonyl (C=O) groups excluding carboxylic acids is 2. The van der Waals surface area contributed by atoms with E-state index in [1.54, 1.807) is 0 Å². The van der Waals surface area contributed by atoms with Crippen LogP contribution < -0.4 is 10.6 Å². The van der Waals surface area contributed by atoms with Gasteiger partial charge in [-0.15, -0.1) is 0 Å². The van der Waals surface area contributed by atoms with E-state index < -0.39 is 0 Å². The summed E-state index contributed by atoms with van der Waals surface area (Å²) in [7, 11) is 0. The monoisotopic (exact) mass is 272 g/mol. The Balaban J connectivity index is 3.32. The highest BCUT2D eigenvalue weighted by Crippen LogP contribution is 1.98. The van der Waals surface area contributed by atoms with Gasteiger partial charge in [-0.1, -0.05) is 27.7 Å². The van der Waals surface area contributed by atoms with Gasteiger partial charge in [-0.3, -0.25) is 9.59 Å². The molecule has 0 aromatic carbocycles. The second kappa shape index (κ2) is 10.8. The highest BCUT2D eigenvalue weighted by Gasteiger charge is 2.04. The average Bonchev–Trinajstić information content (AvgIpc) is 2.25. The summed E-state index contributed by atoms with van der Waals surface area (Å²) in [5.41, 5.74) is 0. The molecule has 0 bridgehead atoms. The summed E-state index contributed by atoms with van der Waals surface area (Å²) in [5.74, 6) is 0.863. The third kappa shape index (κ3) is 13.1. The molecular formula is C14H28N2O3. The van der Waals surface area contributed by atoms with Crippen LogP contribution in [-0.2, 0) is 14.3 Å². The van der Waals surface area contributed by atoms with Crippen molar-refractivity contribution in [3.63, 3.8) is 0 Å². The number of nitrogens with one attached hydrogen (secondary N) is 2. The van der Waals surface area contributed by atoms with Crippen LogP contribution in [0.5, 0.6) is 0 Å². The van der Waals surface area contributed by atoms with Gasteiger partial charge < -0.3 is 15.4 Å². The van der Waals surface area contributed by atoms with Crippen LogP contribution in [0.2, 0.25) is 0 Å². The molecule has 0 aromatic rings. The van der Waals surface area contributed by atoms with Crippen molar-refractivity contribution in [3.8, 4) is 0 Å². The Hall–Kier alpha value is -1.10. The Morgan fingerprint density at radius 2 is 1.21 bits per heavy atom. The van der Waals surface area contributed by atoms with E-state index in [0.29, 0.717) is 51.0 Å². The van der Waals surface area contributed by atoms with E-state index in [2.05, 4.69) is 10.6 Å². The smallest absolute Gasteiger partial charge is 0.220 e. The predicted octanol–water partition coefficient (Wildman–Crippen LogP) is 1.33. The minimum absolute atomic E-state index is 0.0591. The molecule has 0 radical (unpaired) electrons. The van der Waals surface area contributed by atoms with Crippen molar-refractivity contribution in [2.75, 3.05) is 26.3 Å². The van der Waals surface area contributed by atoms with Gasteiger partial charge in [-0.25, -0.2) is 0 Å². The van der Waals surface area contributed by atoms with Crippen LogP contribution in [0.15, 0.2) is 0 Å². The molecule has 0 rings (SSSR count). The minimum atomic E-state index is 0.0591. The third-order valence-corrected chi connectivity index (χ3v) is 2.32. The van der Waals surface area contributed by atoms with Crippen molar-refractivity contribution in [1.82, 2.24) is 10.6 Å². The molecule has 0 aromatic heterocycles. The van der Waals surface area contributed by atoms with E-state index in [-0.39, 0.29) is 11.8 Å². The maximum Gasteiger partial charge on any atom is 0.220 e. The van der Waals surface area contributed by atoms with Crippen LogP contribution in [-0.4, -0.2) is 38.1 Å². The second-order valence-corrected chi connectivity index (χ2v) is 5.51. The van der Waals surface area contributed by atoms with Gasteiger partial charge in [0.1, 0.15) is 0 Å². The van der Waals surface area contributed by atoms with Gasteiger partial charge in [0.15, 0.2) is 0 Å². The van der Waals surface area contributed by atoms with E-state index in [0.717, 1.165) is 0 Å². The Bertz CT molecular complexity index is 239. The molecule has 0 aliphatic heterocycles. The lowest BCUT2D eigenvalue weighted by atomic mass is 10.1. The normalized spacial score (nSPS) is 10.8. The van der Waals surface area contributed by atoms with Gasteiger partial charge in [0.2, 0.25) is 11.8 Å². The van der Waals surface area contributed by atoms with E-state index in [1.165, 1.54) is 0 Å². The lowest BCUT2D eigenvalue weighted by Crippen LogP contribution is -2.30. The fourth-order valence-electron chi connectivity index (χ4n) is 1.51. The molecular weight excluding hydrogens is 244 g/mol. The molecule has 2 amide bonds. The molecule has 0 heterocycles. The number of hydrogen-bond donors (Lipinski definition) is 2. The Morgan fingerprint density at radius 1 is 0.842 bits per heavy atom. The molecule has 0 fully saturated rings. The summed E-state index contributed by atoms with van der Waals surface area (Å²) in [6.45, 7) is 10.0. The zero-order valence-corrected chi connectivity index (χ0v) is 12.6. The van der Waals surface area contributed by atoms with Gasteiger partial charge in [-0.05, 0) is 11.8 Å². The number of rotatable bonds is 10. The number of ether oxygens (including phenoxy) is 1. The van der Waals surface area contributed by atoms with Crippen LogP contribution >= 0.6 is 0 Å². The molecule has 5 heteroatoms. The number of hydrogen-bond acceptors (Lipinski definition) is 3. The molecule has 0 saturated heterocycles. The summed E-state index contributed by atoms with van der Waals surface area (Å²) in [6.07, 6.45) is 1.09. The second-order valence-electron chi connectivity index (χ2n) is 5.51. The summed E-state index contributed by atoms with van der Waals surface area (Å²) < 4.78 is 5.31. The average molecular weight is 272 g/mol. The Kier molecular flexibility index (Phi) is 10.2. The van der Waals surface area contributed by atoms with Gasteiger partial charge in [0.05, 0.1) is 13.2 Å². The molecule has 0 spiro atoms. The maximum atomic E-state index is 11.3. The first-order valence-electron chi connectivity index (χ1n) is 7.03. The number of carbonyl (C=O) groups is 2. The Labute approximate surface area is 116 Å². The van der Waals surface area contributed by atoms with Crippen LogP contribution in [0.3, 0.4) is 0 Å². The lowest BCUT2D eigenvalue weighted by Gasteiger charge is -2.09. The third-order valence-electron chi connectivity index (χ3n) is 2.32. The Morgan fingerprint density at radius 3 is 1.53 bits per heavy atom. The van der Waals surface area contributed by atoms with Crippen molar-refractivity contribution in [2.24, 2.45) is 11.8 Å². The van der Waals surface area contributed by atoms with E-state index in [9.17, 15) is 9.59 Å². The first-order chi connectivity index (χ1) is 8.91. The first kappa shape index (κ1) is 17.9. The first-order valence-corrected chi connectivity index (χ1v) is 7.03. The van der Waals surface area contributed by atoms with Gasteiger partial charge in [0, 0.05) is 25.9 Å². The van der Waals surface area contributed by atoms with Gasteiger partial charge >= 0.3 is 0 Å². The van der Waals surface area contributed by atoms with Crippen molar-refractivity contribution in [1.29, 1.82) is 0 Å². The molecule has 0 atom stereocenters. The van der Waals surface area contributed by atoms with E-state index >= 15 is 0 Å². The standard InChI is InChI=1S/C14H28N2O3/c1-11(2)9-13(17)15-5-7-19-8-6-16-14(18)10-12(3)4/h11-12H,5-10H2,1-4H3,(H,15,17)(H,16,18). The van der Waals surface area contributed by atoms with Crippen LogP contribution in [0, 0.1) is 11.8 Å². The molecule has 5 nitrogen and oxygen atoms in total. The molecule has 0 saturated carbocycles. The lowest BCUT2D eigenvalue weighted by molar-refractivity contribution is -0.122. The van der Waals surface area contributed by atoms with Crippen molar-refractivity contribution in [3.05, 3.63) is 0 Å². The summed E-state index contributed by atoms with van der Waals surface area (Å²) >= 11 is 0. The quantitative estimate of drug-likeness (QED) is 0.590. The molecule has 0 aliphatic carbocycles. The zero-order valence-electron chi connectivity index (χ0n) is 12.6. The largest absolute Gasteiger partial charge is 0.378 e. The van der Waals surface area contributed by atoms with Gasteiger partial charge in [-0.2, -0.15) is 0 Å².